The van der Waals surface area contributed by atoms with Gasteiger partial charge in [0.05, 0.1) is 9.79 Å². The molecule has 0 heterocycles. The summed E-state index contributed by atoms with van der Waals surface area (Å²) in [5.74, 6) is -0.493. The predicted octanol–water partition coefficient (Wildman–Crippen LogP) is 5.90. The first kappa shape index (κ1) is 20.7. The van der Waals surface area contributed by atoms with Gasteiger partial charge in [-0.05, 0) is 48.4 Å². The van der Waals surface area contributed by atoms with Gasteiger partial charge in [0.1, 0.15) is 5.75 Å². The summed E-state index contributed by atoms with van der Waals surface area (Å²) in [6.45, 7) is 1.83. The van der Waals surface area contributed by atoms with Crippen LogP contribution in [0.5, 0.6) is 5.75 Å². The summed E-state index contributed by atoms with van der Waals surface area (Å²) in [6, 6.07) is 18.4. The van der Waals surface area contributed by atoms with Crippen LogP contribution in [-0.4, -0.2) is 14.8 Å². The van der Waals surface area contributed by atoms with E-state index in [1.54, 1.807) is 42.5 Å². The Hall–Kier alpha value is -3.06. The van der Waals surface area contributed by atoms with Gasteiger partial charge in [-0.1, -0.05) is 60.2 Å². The first-order chi connectivity index (χ1) is 13.6. The molecule has 0 spiro atoms. The summed E-state index contributed by atoms with van der Waals surface area (Å²) in [4.78, 5) is -0.0509. The smallest absolute Gasteiger partial charge is 0.406 e. The maximum absolute atomic E-state index is 13.1. The van der Waals surface area contributed by atoms with Crippen LogP contribution in [0.25, 0.3) is 12.2 Å². The van der Waals surface area contributed by atoms with Gasteiger partial charge in [0.15, 0.2) is 0 Å². The SMILES string of the molecule is Cc1ccc(S(=O)(=O)c2ccc(OC(F)(F)F)cc2C=Cc2ccccc2)cc1. The van der Waals surface area contributed by atoms with Gasteiger partial charge < -0.3 is 4.74 Å². The molecule has 3 rings (SSSR count). The lowest BCUT2D eigenvalue weighted by Crippen LogP contribution is -2.17. The second-order valence-electron chi connectivity index (χ2n) is 6.31. The van der Waals surface area contributed by atoms with Crippen LogP contribution in [0.15, 0.2) is 82.6 Å². The summed E-state index contributed by atoms with van der Waals surface area (Å²) in [5, 5.41) is 0. The molecule has 0 aromatic heterocycles. The summed E-state index contributed by atoms with van der Waals surface area (Å²) in [6.07, 6.45) is -1.79. The number of aryl methyl sites for hydroxylation is 1. The largest absolute Gasteiger partial charge is 0.573 e. The molecular weight excluding hydrogens is 401 g/mol. The van der Waals surface area contributed by atoms with Gasteiger partial charge in [-0.3, -0.25) is 0 Å². The number of benzene rings is 3. The Morgan fingerprint density at radius 2 is 1.52 bits per heavy atom. The van der Waals surface area contributed by atoms with Crippen molar-refractivity contribution < 1.29 is 26.3 Å². The van der Waals surface area contributed by atoms with E-state index in [9.17, 15) is 21.6 Å². The number of sulfone groups is 1. The second kappa shape index (κ2) is 8.13. The third kappa shape index (κ3) is 5.26. The number of rotatable bonds is 5. The van der Waals surface area contributed by atoms with Crippen LogP contribution >= 0.6 is 0 Å². The van der Waals surface area contributed by atoms with Gasteiger partial charge >= 0.3 is 6.36 Å². The number of ether oxygens (including phenoxy) is 1. The van der Waals surface area contributed by atoms with Crippen LogP contribution in [0.1, 0.15) is 16.7 Å². The van der Waals surface area contributed by atoms with Crippen molar-refractivity contribution in [3.05, 3.63) is 89.5 Å². The maximum Gasteiger partial charge on any atom is 0.573 e. The summed E-state index contributed by atoms with van der Waals surface area (Å²) in [5.41, 5.74) is 1.76. The van der Waals surface area contributed by atoms with E-state index in [4.69, 9.17) is 0 Å². The Morgan fingerprint density at radius 1 is 0.862 bits per heavy atom. The topological polar surface area (TPSA) is 43.4 Å². The van der Waals surface area contributed by atoms with Crippen molar-refractivity contribution >= 4 is 22.0 Å². The summed E-state index contributed by atoms with van der Waals surface area (Å²) < 4.78 is 67.9. The molecule has 0 fully saturated rings. The zero-order valence-corrected chi connectivity index (χ0v) is 16.2. The average molecular weight is 418 g/mol. The minimum atomic E-state index is -4.88. The lowest BCUT2D eigenvalue weighted by Gasteiger charge is -2.13. The molecule has 0 aliphatic heterocycles. The Balaban J connectivity index is 2.10. The fraction of sp³-hybridized carbons (Fsp3) is 0.0909. The molecule has 0 aliphatic rings. The third-order valence-electron chi connectivity index (χ3n) is 4.09. The first-order valence-corrected chi connectivity index (χ1v) is 10.1. The zero-order chi connectivity index (χ0) is 21.1. The molecule has 3 nitrogen and oxygen atoms in total. The van der Waals surface area contributed by atoms with Gasteiger partial charge in [0, 0.05) is 0 Å². The molecule has 0 bridgehead atoms. The van der Waals surface area contributed by atoms with Crippen molar-refractivity contribution in [2.24, 2.45) is 0 Å². The van der Waals surface area contributed by atoms with Gasteiger partial charge in [-0.15, -0.1) is 13.2 Å². The Bertz CT molecular complexity index is 1120. The Kier molecular flexibility index (Phi) is 5.79. The molecule has 7 heteroatoms. The summed E-state index contributed by atoms with van der Waals surface area (Å²) >= 11 is 0. The Morgan fingerprint density at radius 3 is 2.14 bits per heavy atom. The van der Waals surface area contributed by atoms with Crippen LogP contribution in [0.2, 0.25) is 0 Å². The fourth-order valence-electron chi connectivity index (χ4n) is 2.69. The lowest BCUT2D eigenvalue weighted by atomic mass is 10.1. The molecule has 0 N–H and O–H groups in total. The average Bonchev–Trinajstić information content (AvgIpc) is 2.66. The number of halogens is 3. The highest BCUT2D eigenvalue weighted by Gasteiger charge is 2.31. The molecule has 150 valence electrons. The number of alkyl halides is 3. The minimum Gasteiger partial charge on any atom is -0.406 e. The first-order valence-electron chi connectivity index (χ1n) is 8.60. The quantitative estimate of drug-likeness (QED) is 0.485. The van der Waals surface area contributed by atoms with Crippen LogP contribution in [0.4, 0.5) is 13.2 Å². The second-order valence-corrected chi connectivity index (χ2v) is 8.23. The van der Waals surface area contributed by atoms with E-state index in [0.717, 1.165) is 29.3 Å². The molecule has 0 atom stereocenters. The molecule has 29 heavy (non-hydrogen) atoms. The highest BCUT2D eigenvalue weighted by molar-refractivity contribution is 7.91. The lowest BCUT2D eigenvalue weighted by molar-refractivity contribution is -0.274. The molecule has 3 aromatic carbocycles. The van der Waals surface area contributed by atoms with E-state index < -0.39 is 21.9 Å². The van der Waals surface area contributed by atoms with Crippen molar-refractivity contribution in [2.45, 2.75) is 23.1 Å². The highest BCUT2D eigenvalue weighted by Crippen LogP contribution is 2.31. The van der Waals surface area contributed by atoms with Gasteiger partial charge in [0.25, 0.3) is 0 Å². The predicted molar refractivity (Wildman–Crippen MR) is 105 cm³/mol. The molecule has 3 aromatic rings. The van der Waals surface area contributed by atoms with Crippen molar-refractivity contribution in [3.8, 4) is 5.75 Å². The summed E-state index contributed by atoms with van der Waals surface area (Å²) in [7, 11) is -3.94. The van der Waals surface area contributed by atoms with Crippen LogP contribution < -0.4 is 4.74 Å². The van der Waals surface area contributed by atoms with Gasteiger partial charge in [0.2, 0.25) is 9.84 Å². The normalized spacial score (nSPS) is 12.3. The minimum absolute atomic E-state index is 0.0574. The van der Waals surface area contributed by atoms with Crippen molar-refractivity contribution in [2.75, 3.05) is 0 Å². The molecule has 0 amide bonds. The molecule has 0 saturated carbocycles. The highest BCUT2D eigenvalue weighted by atomic mass is 32.2. The van der Waals surface area contributed by atoms with Crippen molar-refractivity contribution in [1.82, 2.24) is 0 Å². The van der Waals surface area contributed by atoms with E-state index in [0.29, 0.717) is 0 Å². The van der Waals surface area contributed by atoms with E-state index in [-0.39, 0.29) is 15.4 Å². The number of hydrogen-bond acceptors (Lipinski definition) is 3. The zero-order valence-electron chi connectivity index (χ0n) is 15.3. The van der Waals surface area contributed by atoms with Gasteiger partial charge in [-0.25, -0.2) is 8.42 Å². The third-order valence-corrected chi connectivity index (χ3v) is 5.93. The van der Waals surface area contributed by atoms with Crippen LogP contribution in [0, 0.1) is 6.92 Å². The molecule has 0 saturated heterocycles. The van der Waals surface area contributed by atoms with Crippen molar-refractivity contribution in [3.63, 3.8) is 0 Å². The molecule has 0 aliphatic carbocycles. The van der Waals surface area contributed by atoms with Crippen LogP contribution in [-0.2, 0) is 9.84 Å². The van der Waals surface area contributed by atoms with E-state index in [1.807, 2.05) is 13.0 Å². The van der Waals surface area contributed by atoms with Crippen LogP contribution in [0.3, 0.4) is 0 Å². The van der Waals surface area contributed by atoms with Crippen molar-refractivity contribution in [1.29, 1.82) is 0 Å². The monoisotopic (exact) mass is 418 g/mol. The van der Waals surface area contributed by atoms with E-state index >= 15 is 0 Å². The van der Waals surface area contributed by atoms with Gasteiger partial charge in [-0.2, -0.15) is 0 Å². The molecule has 0 radical (unpaired) electrons. The maximum atomic E-state index is 13.1. The molecule has 0 unspecified atom stereocenters. The number of hydrogen-bond donors (Lipinski definition) is 0. The standard InChI is InChI=1S/C22H17F3O3S/c1-16-7-12-20(13-8-16)29(26,27)21-14-11-19(28-22(23,24)25)15-18(21)10-9-17-5-3-2-4-6-17/h2-15H,1H3. The molecular formula is C22H17F3O3S. The van der Waals surface area contributed by atoms with E-state index in [1.165, 1.54) is 18.2 Å². The fourth-order valence-corrected chi connectivity index (χ4v) is 4.13. The Labute approximate surface area is 167 Å². The van der Waals surface area contributed by atoms with E-state index in [2.05, 4.69) is 4.74 Å².